The van der Waals surface area contributed by atoms with Crippen LogP contribution in [0.2, 0.25) is 0 Å². The molecule has 0 aliphatic carbocycles. The van der Waals surface area contributed by atoms with E-state index in [1.165, 1.54) is 0 Å². The first-order valence-electron chi connectivity index (χ1n) is 7.13. The van der Waals surface area contributed by atoms with Gasteiger partial charge in [0.1, 0.15) is 0 Å². The van der Waals surface area contributed by atoms with Gasteiger partial charge in [-0.2, -0.15) is 0 Å². The molecule has 21 heavy (non-hydrogen) atoms. The summed E-state index contributed by atoms with van der Waals surface area (Å²) in [4.78, 5) is 11.6. The SMILES string of the molecule is CCOC(=O)CC(C)(N)c1ccc(-c2ccccc2)cc1. The average molecular weight is 283 g/mol. The Bertz CT molecular complexity index is 588. The fourth-order valence-electron chi connectivity index (χ4n) is 2.29. The molecule has 110 valence electrons. The Labute approximate surface area is 125 Å². The van der Waals surface area contributed by atoms with Crippen molar-refractivity contribution in [2.45, 2.75) is 25.8 Å². The van der Waals surface area contributed by atoms with Crippen molar-refractivity contribution in [1.82, 2.24) is 0 Å². The Balaban J connectivity index is 2.16. The predicted molar refractivity (Wildman–Crippen MR) is 84.7 cm³/mol. The molecule has 2 aromatic rings. The zero-order valence-electron chi connectivity index (χ0n) is 12.5. The number of carbonyl (C=O) groups excluding carboxylic acids is 1. The van der Waals surface area contributed by atoms with Crippen LogP contribution in [-0.4, -0.2) is 12.6 Å². The van der Waals surface area contributed by atoms with Gasteiger partial charge in [-0.25, -0.2) is 0 Å². The number of hydrogen-bond acceptors (Lipinski definition) is 3. The van der Waals surface area contributed by atoms with Crippen LogP contribution in [0, 0.1) is 0 Å². The topological polar surface area (TPSA) is 52.3 Å². The molecule has 2 N–H and O–H groups in total. The van der Waals surface area contributed by atoms with Gasteiger partial charge in [0.25, 0.3) is 0 Å². The molecule has 0 amide bonds. The maximum Gasteiger partial charge on any atom is 0.307 e. The van der Waals surface area contributed by atoms with Gasteiger partial charge in [-0.05, 0) is 30.5 Å². The summed E-state index contributed by atoms with van der Waals surface area (Å²) in [6, 6.07) is 18.2. The second kappa shape index (κ2) is 6.55. The minimum atomic E-state index is -0.721. The fourth-order valence-corrected chi connectivity index (χ4v) is 2.29. The summed E-state index contributed by atoms with van der Waals surface area (Å²) in [6.45, 7) is 4.02. The standard InChI is InChI=1S/C18H21NO2/c1-3-21-17(20)13-18(2,19)16-11-9-15(10-12-16)14-7-5-4-6-8-14/h4-12H,3,13,19H2,1-2H3. The Kier molecular flexibility index (Phi) is 4.76. The van der Waals surface area contributed by atoms with Crippen LogP contribution < -0.4 is 5.73 Å². The van der Waals surface area contributed by atoms with E-state index in [1.807, 2.05) is 49.4 Å². The van der Waals surface area contributed by atoms with E-state index >= 15 is 0 Å². The van der Waals surface area contributed by atoms with Gasteiger partial charge >= 0.3 is 5.97 Å². The van der Waals surface area contributed by atoms with Gasteiger partial charge in [-0.1, -0.05) is 54.6 Å². The second-order valence-electron chi connectivity index (χ2n) is 5.34. The fraction of sp³-hybridized carbons (Fsp3) is 0.278. The number of nitrogens with two attached hydrogens (primary N) is 1. The number of benzene rings is 2. The molecule has 0 aliphatic heterocycles. The highest BCUT2D eigenvalue weighted by atomic mass is 16.5. The molecule has 0 bridgehead atoms. The van der Waals surface area contributed by atoms with E-state index in [2.05, 4.69) is 12.1 Å². The number of ether oxygens (including phenoxy) is 1. The van der Waals surface area contributed by atoms with Gasteiger partial charge in [0.15, 0.2) is 0 Å². The third-order valence-corrected chi connectivity index (χ3v) is 3.47. The first kappa shape index (κ1) is 15.3. The van der Waals surface area contributed by atoms with Crippen molar-refractivity contribution in [1.29, 1.82) is 0 Å². The maximum absolute atomic E-state index is 11.6. The molecule has 2 aromatic carbocycles. The molecule has 1 atom stereocenters. The third kappa shape index (κ3) is 3.92. The lowest BCUT2D eigenvalue weighted by atomic mass is 9.88. The summed E-state index contributed by atoms with van der Waals surface area (Å²) in [6.07, 6.45) is 0.172. The lowest BCUT2D eigenvalue weighted by molar-refractivity contribution is -0.144. The molecular weight excluding hydrogens is 262 g/mol. The molecule has 0 aromatic heterocycles. The van der Waals surface area contributed by atoms with E-state index in [4.69, 9.17) is 10.5 Å². The van der Waals surface area contributed by atoms with Crippen molar-refractivity contribution in [2.75, 3.05) is 6.61 Å². The van der Waals surface area contributed by atoms with Crippen LogP contribution in [0.25, 0.3) is 11.1 Å². The summed E-state index contributed by atoms with van der Waals surface area (Å²) in [5, 5.41) is 0. The van der Waals surface area contributed by atoms with E-state index in [0.717, 1.165) is 16.7 Å². The molecule has 0 aliphatic rings. The van der Waals surface area contributed by atoms with E-state index in [-0.39, 0.29) is 12.4 Å². The predicted octanol–water partition coefficient (Wildman–Crippen LogP) is 3.48. The van der Waals surface area contributed by atoms with Crippen molar-refractivity contribution < 1.29 is 9.53 Å². The van der Waals surface area contributed by atoms with Gasteiger partial charge in [0.05, 0.1) is 13.0 Å². The minimum Gasteiger partial charge on any atom is -0.466 e. The number of esters is 1. The lowest BCUT2D eigenvalue weighted by Crippen LogP contribution is -2.36. The number of rotatable bonds is 5. The van der Waals surface area contributed by atoms with Crippen LogP contribution in [0.1, 0.15) is 25.8 Å². The van der Waals surface area contributed by atoms with Gasteiger partial charge in [-0.3, -0.25) is 4.79 Å². The van der Waals surface area contributed by atoms with Crippen molar-refractivity contribution in [3.05, 3.63) is 60.2 Å². The molecule has 0 saturated carbocycles. The van der Waals surface area contributed by atoms with E-state index in [1.54, 1.807) is 6.92 Å². The van der Waals surface area contributed by atoms with Crippen LogP contribution in [0.15, 0.2) is 54.6 Å². The van der Waals surface area contributed by atoms with Gasteiger partial charge in [0, 0.05) is 5.54 Å². The van der Waals surface area contributed by atoms with Crippen LogP contribution in [0.4, 0.5) is 0 Å². The quantitative estimate of drug-likeness (QED) is 0.855. The number of carbonyl (C=O) groups is 1. The van der Waals surface area contributed by atoms with E-state index in [0.29, 0.717) is 6.61 Å². The van der Waals surface area contributed by atoms with Crippen molar-refractivity contribution in [2.24, 2.45) is 5.73 Å². The molecule has 1 unspecified atom stereocenters. The van der Waals surface area contributed by atoms with Crippen molar-refractivity contribution in [3.8, 4) is 11.1 Å². The summed E-state index contributed by atoms with van der Waals surface area (Å²) in [5.74, 6) is -0.269. The molecular formula is C18H21NO2. The molecule has 0 spiro atoms. The summed E-state index contributed by atoms with van der Waals surface area (Å²) < 4.78 is 4.97. The first-order chi connectivity index (χ1) is 10.0. The molecule has 0 heterocycles. The molecule has 0 fully saturated rings. The molecule has 2 rings (SSSR count). The van der Waals surface area contributed by atoms with Gasteiger partial charge in [-0.15, -0.1) is 0 Å². The highest BCUT2D eigenvalue weighted by molar-refractivity contribution is 5.71. The smallest absolute Gasteiger partial charge is 0.307 e. The van der Waals surface area contributed by atoms with Crippen LogP contribution in [-0.2, 0) is 15.1 Å². The minimum absolute atomic E-state index is 0.172. The summed E-state index contributed by atoms with van der Waals surface area (Å²) in [7, 11) is 0. The van der Waals surface area contributed by atoms with E-state index < -0.39 is 5.54 Å². The zero-order valence-corrected chi connectivity index (χ0v) is 12.5. The summed E-state index contributed by atoms with van der Waals surface area (Å²) >= 11 is 0. The second-order valence-corrected chi connectivity index (χ2v) is 5.34. The third-order valence-electron chi connectivity index (χ3n) is 3.47. The Morgan fingerprint density at radius 3 is 2.19 bits per heavy atom. The van der Waals surface area contributed by atoms with Crippen LogP contribution >= 0.6 is 0 Å². The van der Waals surface area contributed by atoms with Crippen molar-refractivity contribution >= 4 is 5.97 Å². The Hall–Kier alpha value is -2.13. The van der Waals surface area contributed by atoms with Crippen LogP contribution in [0.3, 0.4) is 0 Å². The van der Waals surface area contributed by atoms with Crippen molar-refractivity contribution in [3.63, 3.8) is 0 Å². The van der Waals surface area contributed by atoms with Gasteiger partial charge in [0.2, 0.25) is 0 Å². The summed E-state index contributed by atoms with van der Waals surface area (Å²) in [5.41, 5.74) is 8.75. The zero-order chi connectivity index (χ0) is 15.3. The molecule has 0 radical (unpaired) electrons. The van der Waals surface area contributed by atoms with Gasteiger partial charge < -0.3 is 10.5 Å². The Morgan fingerprint density at radius 2 is 1.62 bits per heavy atom. The Morgan fingerprint density at radius 1 is 1.05 bits per heavy atom. The molecule has 3 heteroatoms. The monoisotopic (exact) mass is 283 g/mol. The highest BCUT2D eigenvalue weighted by Crippen LogP contribution is 2.26. The largest absolute Gasteiger partial charge is 0.466 e. The highest BCUT2D eigenvalue weighted by Gasteiger charge is 2.25. The number of hydrogen-bond donors (Lipinski definition) is 1. The normalized spacial score (nSPS) is 13.5. The lowest BCUT2D eigenvalue weighted by Gasteiger charge is -2.24. The average Bonchev–Trinajstić information content (AvgIpc) is 2.48. The molecule has 0 saturated heterocycles. The molecule has 3 nitrogen and oxygen atoms in total. The van der Waals surface area contributed by atoms with E-state index in [9.17, 15) is 4.79 Å². The maximum atomic E-state index is 11.6. The first-order valence-corrected chi connectivity index (χ1v) is 7.13. The van der Waals surface area contributed by atoms with Crippen LogP contribution in [0.5, 0.6) is 0 Å².